The number of amides is 1. The molecule has 0 saturated carbocycles. The Morgan fingerprint density at radius 3 is 2.37 bits per heavy atom. The van der Waals surface area contributed by atoms with Crippen molar-refractivity contribution in [3.63, 3.8) is 0 Å². The minimum Gasteiger partial charge on any atom is -0.465 e. The number of methoxy groups -OCH3 is 1. The minimum atomic E-state index is -0.485. The van der Waals surface area contributed by atoms with Crippen molar-refractivity contribution in [3.8, 4) is 0 Å². The van der Waals surface area contributed by atoms with Gasteiger partial charge in [-0.25, -0.2) is 4.79 Å². The molecule has 1 amide bonds. The lowest BCUT2D eigenvalue weighted by atomic mass is 10.1. The summed E-state index contributed by atoms with van der Waals surface area (Å²) in [6, 6.07) is 15.8. The highest BCUT2D eigenvalue weighted by Gasteiger charge is 2.22. The summed E-state index contributed by atoms with van der Waals surface area (Å²) in [6.07, 6.45) is 0. The van der Waals surface area contributed by atoms with Crippen LogP contribution < -0.4 is 4.90 Å². The molecular weight excluding hydrogens is 344 g/mol. The van der Waals surface area contributed by atoms with E-state index in [1.165, 1.54) is 13.2 Å². The third-order valence-electron chi connectivity index (χ3n) is 4.34. The van der Waals surface area contributed by atoms with Crippen LogP contribution >= 0.6 is 0 Å². The lowest BCUT2D eigenvalue weighted by Gasteiger charge is -2.23. The Morgan fingerprint density at radius 1 is 1.04 bits per heavy atom. The first-order valence-corrected chi connectivity index (χ1v) is 8.48. The monoisotopic (exact) mass is 364 g/mol. The number of carbonyl (C=O) groups excluding carboxylic acids is 2. The molecule has 2 aromatic carbocycles. The van der Waals surface area contributed by atoms with E-state index in [9.17, 15) is 9.59 Å². The Kier molecular flexibility index (Phi) is 5.35. The molecule has 3 aromatic rings. The van der Waals surface area contributed by atoms with Gasteiger partial charge in [0.05, 0.1) is 24.9 Å². The van der Waals surface area contributed by atoms with Crippen molar-refractivity contribution in [3.05, 3.63) is 82.7 Å². The van der Waals surface area contributed by atoms with Crippen LogP contribution in [0.15, 0.2) is 59.1 Å². The Hall–Kier alpha value is -3.41. The number of esters is 1. The maximum absolute atomic E-state index is 13.3. The molecule has 27 heavy (non-hydrogen) atoms. The van der Waals surface area contributed by atoms with Crippen LogP contribution in [0.3, 0.4) is 0 Å². The van der Waals surface area contributed by atoms with E-state index < -0.39 is 5.97 Å². The molecule has 0 fully saturated rings. The summed E-state index contributed by atoms with van der Waals surface area (Å²) in [5, 5.41) is 3.97. The average Bonchev–Trinajstić information content (AvgIpc) is 3.03. The average molecular weight is 364 g/mol. The summed E-state index contributed by atoms with van der Waals surface area (Å²) in [6.45, 7) is 3.98. The van der Waals surface area contributed by atoms with E-state index in [4.69, 9.17) is 9.26 Å². The molecule has 0 aliphatic rings. The molecule has 0 unspecified atom stereocenters. The fraction of sp³-hybridized carbons (Fsp3) is 0.190. The largest absolute Gasteiger partial charge is 0.465 e. The molecule has 0 bridgehead atoms. The smallest absolute Gasteiger partial charge is 0.337 e. The fourth-order valence-electron chi connectivity index (χ4n) is 2.83. The van der Waals surface area contributed by atoms with E-state index in [0.717, 1.165) is 16.9 Å². The van der Waals surface area contributed by atoms with Gasteiger partial charge in [0.1, 0.15) is 5.76 Å². The van der Waals surface area contributed by atoms with Crippen LogP contribution in [-0.2, 0) is 11.3 Å². The van der Waals surface area contributed by atoms with Gasteiger partial charge in [0, 0.05) is 16.8 Å². The van der Waals surface area contributed by atoms with Crippen molar-refractivity contribution >= 4 is 17.6 Å². The number of benzene rings is 2. The molecule has 6 heteroatoms. The predicted molar refractivity (Wildman–Crippen MR) is 101 cm³/mol. The highest BCUT2D eigenvalue weighted by atomic mass is 16.5. The van der Waals surface area contributed by atoms with Crippen LogP contribution in [0.1, 0.15) is 37.7 Å². The van der Waals surface area contributed by atoms with Gasteiger partial charge in [-0.1, -0.05) is 29.4 Å². The summed E-state index contributed by atoms with van der Waals surface area (Å²) in [7, 11) is 1.31. The fourth-order valence-corrected chi connectivity index (χ4v) is 2.83. The predicted octanol–water partition coefficient (Wildman–Crippen LogP) is 3.93. The first kappa shape index (κ1) is 18.4. The molecule has 0 spiro atoms. The Morgan fingerprint density at radius 2 is 1.74 bits per heavy atom. The number of aryl methyl sites for hydroxylation is 2. The van der Waals surface area contributed by atoms with Crippen LogP contribution in [-0.4, -0.2) is 24.1 Å². The maximum Gasteiger partial charge on any atom is 0.337 e. The normalized spacial score (nSPS) is 10.5. The van der Waals surface area contributed by atoms with Crippen molar-refractivity contribution in [2.45, 2.75) is 20.4 Å². The lowest BCUT2D eigenvalue weighted by molar-refractivity contribution is 0.0600. The highest BCUT2D eigenvalue weighted by Crippen LogP contribution is 2.23. The van der Waals surface area contributed by atoms with Crippen molar-refractivity contribution < 1.29 is 18.8 Å². The Labute approximate surface area is 157 Å². The topological polar surface area (TPSA) is 72.6 Å². The van der Waals surface area contributed by atoms with Crippen LogP contribution in [0, 0.1) is 13.8 Å². The highest BCUT2D eigenvalue weighted by molar-refractivity contribution is 6.07. The van der Waals surface area contributed by atoms with Gasteiger partial charge in [-0.15, -0.1) is 0 Å². The molecule has 0 saturated heterocycles. The summed E-state index contributed by atoms with van der Waals surface area (Å²) in [4.78, 5) is 26.7. The standard InChI is InChI=1S/C21H20N2O4/c1-14-19(15(2)27-22-14)13-23(18-10-5-4-6-11-18)20(24)16-8-7-9-17(12-16)21(25)26-3/h4-12H,13H2,1-3H3. The number of carbonyl (C=O) groups is 2. The molecule has 0 aliphatic carbocycles. The number of rotatable bonds is 5. The molecule has 6 nitrogen and oxygen atoms in total. The Balaban J connectivity index is 2.00. The maximum atomic E-state index is 13.3. The molecule has 0 aliphatic heterocycles. The van der Waals surface area contributed by atoms with Gasteiger partial charge in [0.15, 0.2) is 0 Å². The second-order valence-corrected chi connectivity index (χ2v) is 6.10. The van der Waals surface area contributed by atoms with Gasteiger partial charge >= 0.3 is 5.97 Å². The van der Waals surface area contributed by atoms with Crippen molar-refractivity contribution in [2.24, 2.45) is 0 Å². The number of nitrogens with zero attached hydrogens (tertiary/aromatic N) is 2. The number of hydrogen-bond donors (Lipinski definition) is 0. The van der Waals surface area contributed by atoms with Crippen LogP contribution in [0.2, 0.25) is 0 Å². The molecule has 3 rings (SSSR count). The first-order chi connectivity index (χ1) is 13.0. The van der Waals surface area contributed by atoms with E-state index >= 15 is 0 Å². The first-order valence-electron chi connectivity index (χ1n) is 8.48. The van der Waals surface area contributed by atoms with E-state index in [2.05, 4.69) is 5.16 Å². The van der Waals surface area contributed by atoms with Crippen LogP contribution in [0.4, 0.5) is 5.69 Å². The summed E-state index contributed by atoms with van der Waals surface area (Å²) in [5.74, 6) is -0.0434. The van der Waals surface area contributed by atoms with Crippen LogP contribution in [0.5, 0.6) is 0 Å². The van der Waals surface area contributed by atoms with E-state index in [-0.39, 0.29) is 5.91 Å². The number of para-hydroxylation sites is 1. The number of aromatic nitrogens is 1. The zero-order valence-corrected chi connectivity index (χ0v) is 15.4. The van der Waals surface area contributed by atoms with Crippen LogP contribution in [0.25, 0.3) is 0 Å². The third kappa shape index (κ3) is 3.89. The summed E-state index contributed by atoms with van der Waals surface area (Å²) >= 11 is 0. The summed E-state index contributed by atoms with van der Waals surface area (Å²) in [5.41, 5.74) is 3.06. The van der Waals surface area contributed by atoms with Gasteiger partial charge in [-0.2, -0.15) is 0 Å². The Bertz CT molecular complexity index is 944. The van der Waals surface area contributed by atoms with Crippen molar-refractivity contribution in [2.75, 3.05) is 12.0 Å². The van der Waals surface area contributed by atoms with Gasteiger partial charge in [0.25, 0.3) is 5.91 Å². The van der Waals surface area contributed by atoms with Crippen molar-refractivity contribution in [1.29, 1.82) is 0 Å². The minimum absolute atomic E-state index is 0.230. The lowest BCUT2D eigenvalue weighted by Crippen LogP contribution is -2.31. The van der Waals surface area contributed by atoms with Gasteiger partial charge in [0.2, 0.25) is 0 Å². The van der Waals surface area contributed by atoms with Crippen molar-refractivity contribution in [1.82, 2.24) is 5.16 Å². The zero-order valence-electron chi connectivity index (χ0n) is 15.4. The molecule has 0 N–H and O–H groups in total. The summed E-state index contributed by atoms with van der Waals surface area (Å²) < 4.78 is 9.98. The molecular formula is C21H20N2O4. The van der Waals surface area contributed by atoms with Gasteiger partial charge in [-0.3, -0.25) is 4.79 Å². The SMILES string of the molecule is COC(=O)c1cccc(C(=O)N(Cc2c(C)noc2C)c2ccccc2)c1. The molecule has 0 atom stereocenters. The molecule has 1 aromatic heterocycles. The quantitative estimate of drug-likeness (QED) is 0.642. The van der Waals surface area contributed by atoms with Gasteiger partial charge < -0.3 is 14.2 Å². The number of hydrogen-bond acceptors (Lipinski definition) is 5. The van der Waals surface area contributed by atoms with E-state index in [1.54, 1.807) is 23.1 Å². The number of anilines is 1. The second-order valence-electron chi connectivity index (χ2n) is 6.10. The van der Waals surface area contributed by atoms with Gasteiger partial charge in [-0.05, 0) is 44.2 Å². The number of ether oxygens (including phenoxy) is 1. The second kappa shape index (κ2) is 7.86. The van der Waals surface area contributed by atoms with E-state index in [0.29, 0.717) is 23.4 Å². The molecule has 138 valence electrons. The molecule has 1 heterocycles. The third-order valence-corrected chi connectivity index (χ3v) is 4.34. The van der Waals surface area contributed by atoms with E-state index in [1.807, 2.05) is 44.2 Å². The zero-order chi connectivity index (χ0) is 19.4. The molecule has 0 radical (unpaired) electrons.